The fraction of sp³-hybridized carbons (Fsp3) is 0.375. The molecule has 0 bridgehead atoms. The molecule has 2 nitrogen and oxygen atoms in total. The van der Waals surface area contributed by atoms with E-state index in [9.17, 15) is 0 Å². The Morgan fingerprint density at radius 3 is 2.65 bits per heavy atom. The first kappa shape index (κ1) is 19.9. The Labute approximate surface area is 158 Å². The number of nitrogens with zero attached hydrogens (tertiary/aromatic N) is 2. The van der Waals surface area contributed by atoms with Crippen LogP contribution in [-0.4, -0.2) is 24.0 Å². The van der Waals surface area contributed by atoms with Crippen LogP contribution in [-0.2, 0) is 6.42 Å². The summed E-state index contributed by atoms with van der Waals surface area (Å²) in [7, 11) is 2.18. The van der Waals surface area contributed by atoms with Gasteiger partial charge in [-0.25, -0.2) is 0 Å². The molecule has 1 aromatic carbocycles. The van der Waals surface area contributed by atoms with Crippen LogP contribution in [0.1, 0.15) is 44.2 Å². The highest BCUT2D eigenvalue weighted by Crippen LogP contribution is 2.40. The molecule has 0 N–H and O–H groups in total. The predicted octanol–water partition coefficient (Wildman–Crippen LogP) is 5.59. The molecule has 0 amide bonds. The summed E-state index contributed by atoms with van der Waals surface area (Å²) in [5.41, 5.74) is 6.38. The molecular formula is C24H30N2. The van der Waals surface area contributed by atoms with Gasteiger partial charge < -0.3 is 0 Å². The van der Waals surface area contributed by atoms with Gasteiger partial charge in [-0.3, -0.25) is 4.90 Å². The van der Waals surface area contributed by atoms with E-state index in [1.807, 2.05) is 24.3 Å². The Kier molecular flexibility index (Phi) is 6.40. The monoisotopic (exact) mass is 346 g/mol. The first-order chi connectivity index (χ1) is 12.3. The first-order valence-electron chi connectivity index (χ1n) is 9.25. The Bertz CT molecular complexity index is 791. The minimum Gasteiger partial charge on any atom is -0.297 e. The SMILES string of the molecule is C=C/C(=C(\C(=C)C)C(=C)CCc1cccc(C#N)c1)C1(C)CCCN1C. The highest BCUT2D eigenvalue weighted by molar-refractivity contribution is 5.53. The van der Waals surface area contributed by atoms with Crippen LogP contribution in [0, 0.1) is 11.3 Å². The number of aryl methyl sites for hydroxylation is 1. The van der Waals surface area contributed by atoms with Crippen molar-refractivity contribution in [3.8, 4) is 6.07 Å². The van der Waals surface area contributed by atoms with Crippen molar-refractivity contribution >= 4 is 0 Å². The fourth-order valence-electron chi connectivity index (χ4n) is 3.97. The number of hydrogen-bond donors (Lipinski definition) is 0. The van der Waals surface area contributed by atoms with Crippen molar-refractivity contribution in [3.05, 3.63) is 83.5 Å². The van der Waals surface area contributed by atoms with Gasteiger partial charge in [0.05, 0.1) is 11.6 Å². The van der Waals surface area contributed by atoms with Crippen molar-refractivity contribution in [1.29, 1.82) is 5.26 Å². The van der Waals surface area contributed by atoms with E-state index in [0.29, 0.717) is 5.56 Å². The maximum absolute atomic E-state index is 9.08. The van der Waals surface area contributed by atoms with Crippen molar-refractivity contribution in [1.82, 2.24) is 4.90 Å². The summed E-state index contributed by atoms with van der Waals surface area (Å²) < 4.78 is 0. The van der Waals surface area contributed by atoms with Crippen LogP contribution in [0.15, 0.2) is 72.4 Å². The molecule has 1 unspecified atom stereocenters. The number of likely N-dealkylation sites (tertiary alicyclic amines) is 1. The fourth-order valence-corrected chi connectivity index (χ4v) is 3.97. The van der Waals surface area contributed by atoms with Crippen molar-refractivity contribution in [2.24, 2.45) is 0 Å². The molecule has 0 saturated carbocycles. The van der Waals surface area contributed by atoms with Crippen LogP contribution in [0.2, 0.25) is 0 Å². The van der Waals surface area contributed by atoms with Gasteiger partial charge in [0.2, 0.25) is 0 Å². The largest absolute Gasteiger partial charge is 0.297 e. The van der Waals surface area contributed by atoms with E-state index in [1.165, 1.54) is 12.0 Å². The lowest BCUT2D eigenvalue weighted by molar-refractivity contribution is 0.240. The van der Waals surface area contributed by atoms with Crippen molar-refractivity contribution in [2.45, 2.75) is 45.1 Å². The maximum atomic E-state index is 9.08. The average molecular weight is 347 g/mol. The van der Waals surface area contributed by atoms with Crippen LogP contribution in [0.5, 0.6) is 0 Å². The summed E-state index contributed by atoms with van der Waals surface area (Å²) in [6.45, 7) is 18.2. The Morgan fingerprint density at radius 2 is 2.12 bits per heavy atom. The van der Waals surface area contributed by atoms with Gasteiger partial charge in [-0.1, -0.05) is 43.5 Å². The molecule has 0 spiro atoms. The molecule has 1 aliphatic rings. The molecule has 0 aromatic heterocycles. The van der Waals surface area contributed by atoms with Crippen LogP contribution < -0.4 is 0 Å². The lowest BCUT2D eigenvalue weighted by Crippen LogP contribution is -2.40. The zero-order chi connectivity index (χ0) is 19.3. The predicted molar refractivity (Wildman–Crippen MR) is 111 cm³/mol. The summed E-state index contributed by atoms with van der Waals surface area (Å²) in [5, 5.41) is 9.08. The zero-order valence-corrected chi connectivity index (χ0v) is 16.4. The Morgan fingerprint density at radius 1 is 1.38 bits per heavy atom. The summed E-state index contributed by atoms with van der Waals surface area (Å²) in [6.07, 6.45) is 6.02. The molecule has 1 fully saturated rings. The van der Waals surface area contributed by atoms with Gasteiger partial charge in [0, 0.05) is 5.54 Å². The lowest BCUT2D eigenvalue weighted by Gasteiger charge is -2.36. The van der Waals surface area contributed by atoms with Crippen LogP contribution in [0.4, 0.5) is 0 Å². The van der Waals surface area contributed by atoms with E-state index in [1.54, 1.807) is 0 Å². The van der Waals surface area contributed by atoms with E-state index in [-0.39, 0.29) is 5.54 Å². The van der Waals surface area contributed by atoms with Crippen LogP contribution in [0.3, 0.4) is 0 Å². The zero-order valence-electron chi connectivity index (χ0n) is 16.4. The number of benzene rings is 1. The molecule has 26 heavy (non-hydrogen) atoms. The summed E-state index contributed by atoms with van der Waals surface area (Å²) in [6, 6.07) is 10.0. The first-order valence-corrected chi connectivity index (χ1v) is 9.25. The molecule has 1 saturated heterocycles. The second-order valence-corrected chi connectivity index (χ2v) is 7.49. The molecule has 0 aliphatic carbocycles. The third kappa shape index (κ3) is 4.06. The summed E-state index contributed by atoms with van der Waals surface area (Å²) >= 11 is 0. The second-order valence-electron chi connectivity index (χ2n) is 7.49. The Balaban J connectivity index is 2.30. The Hall–Kier alpha value is -2.37. The van der Waals surface area contributed by atoms with Crippen molar-refractivity contribution in [3.63, 3.8) is 0 Å². The van der Waals surface area contributed by atoms with E-state index < -0.39 is 0 Å². The van der Waals surface area contributed by atoms with Crippen molar-refractivity contribution in [2.75, 3.05) is 13.6 Å². The molecule has 2 heteroatoms. The topological polar surface area (TPSA) is 27.0 Å². The smallest absolute Gasteiger partial charge is 0.0991 e. The van der Waals surface area contributed by atoms with Crippen LogP contribution in [0.25, 0.3) is 0 Å². The maximum Gasteiger partial charge on any atom is 0.0991 e. The number of likely N-dealkylation sites (N-methyl/N-ethyl adjacent to an activating group) is 1. The van der Waals surface area contributed by atoms with Crippen molar-refractivity contribution < 1.29 is 0 Å². The molecule has 2 rings (SSSR count). The van der Waals surface area contributed by atoms with Gasteiger partial charge in [-0.05, 0) is 87.5 Å². The average Bonchev–Trinajstić information content (AvgIpc) is 2.96. The third-order valence-corrected chi connectivity index (χ3v) is 5.61. The molecule has 1 atom stereocenters. The second kappa shape index (κ2) is 8.34. The highest BCUT2D eigenvalue weighted by Gasteiger charge is 2.38. The minimum atomic E-state index is -0.0142. The molecule has 0 radical (unpaired) electrons. The molecule has 1 aromatic rings. The molecule has 1 aliphatic heterocycles. The molecule has 1 heterocycles. The number of allylic oxidation sites excluding steroid dienone is 3. The molecular weight excluding hydrogens is 316 g/mol. The van der Waals surface area contributed by atoms with E-state index in [0.717, 1.165) is 48.1 Å². The number of hydrogen-bond acceptors (Lipinski definition) is 2. The van der Waals surface area contributed by atoms with Gasteiger partial charge in [0.25, 0.3) is 0 Å². The van der Waals surface area contributed by atoms with E-state index >= 15 is 0 Å². The standard InChI is InChI=1S/C24H30N2/c1-7-22(24(5)14-9-15-26(24)6)23(18(2)3)19(4)12-13-20-10-8-11-21(16-20)17-25/h7-8,10-11,16H,1-2,4,9,12-15H2,3,5-6H3/b23-22-. The van der Waals surface area contributed by atoms with Gasteiger partial charge >= 0.3 is 0 Å². The normalized spacial score (nSPS) is 21.0. The van der Waals surface area contributed by atoms with Gasteiger partial charge in [-0.2, -0.15) is 5.26 Å². The van der Waals surface area contributed by atoms with Gasteiger partial charge in [0.15, 0.2) is 0 Å². The highest BCUT2D eigenvalue weighted by atomic mass is 15.2. The van der Waals surface area contributed by atoms with E-state index in [2.05, 4.69) is 57.7 Å². The summed E-state index contributed by atoms with van der Waals surface area (Å²) in [4.78, 5) is 2.41. The lowest BCUT2D eigenvalue weighted by atomic mass is 9.80. The molecule has 136 valence electrons. The van der Waals surface area contributed by atoms with Gasteiger partial charge in [-0.15, -0.1) is 0 Å². The van der Waals surface area contributed by atoms with E-state index in [4.69, 9.17) is 5.26 Å². The summed E-state index contributed by atoms with van der Waals surface area (Å²) in [5.74, 6) is 0. The number of rotatable bonds is 7. The van der Waals surface area contributed by atoms with Crippen LogP contribution >= 0.6 is 0 Å². The number of nitriles is 1. The quantitative estimate of drug-likeness (QED) is 0.602. The third-order valence-electron chi connectivity index (χ3n) is 5.61. The van der Waals surface area contributed by atoms with Gasteiger partial charge in [0.1, 0.15) is 0 Å². The minimum absolute atomic E-state index is 0.0142.